The Morgan fingerprint density at radius 2 is 1.89 bits per heavy atom. The van der Waals surface area contributed by atoms with Crippen LogP contribution in [0.3, 0.4) is 0 Å². The third kappa shape index (κ3) is 6.95. The van der Waals surface area contributed by atoms with Gasteiger partial charge in [0.1, 0.15) is 12.4 Å². The minimum atomic E-state index is 0.482. The fraction of sp³-hybridized carbons (Fsp3) is 0.684. The Labute approximate surface area is 167 Å². The van der Waals surface area contributed by atoms with Crippen molar-refractivity contribution >= 4 is 5.96 Å². The molecule has 0 atom stereocenters. The van der Waals surface area contributed by atoms with Crippen LogP contribution in [0, 0.1) is 20.8 Å². The maximum atomic E-state index is 5.39. The molecule has 0 saturated carbocycles. The zero-order valence-corrected chi connectivity index (χ0v) is 17.8. The molecule has 9 nitrogen and oxygen atoms in total. The molecule has 0 aliphatic rings. The second kappa shape index (κ2) is 11.4. The van der Waals surface area contributed by atoms with Gasteiger partial charge in [-0.1, -0.05) is 0 Å². The summed E-state index contributed by atoms with van der Waals surface area (Å²) in [7, 11) is 1.96. The van der Waals surface area contributed by atoms with Crippen LogP contribution in [0.15, 0.2) is 11.1 Å². The SMILES string of the molecule is CCOCCCNC(=NCc1nnc(C)n1C)NCCCn1nc(C)cc1C. The van der Waals surface area contributed by atoms with Crippen LogP contribution in [-0.4, -0.2) is 56.8 Å². The first-order valence-electron chi connectivity index (χ1n) is 9.97. The van der Waals surface area contributed by atoms with Gasteiger partial charge in [-0.25, -0.2) is 4.99 Å². The van der Waals surface area contributed by atoms with Crippen molar-refractivity contribution in [2.24, 2.45) is 12.0 Å². The number of ether oxygens (including phenoxy) is 1. The predicted molar refractivity (Wildman–Crippen MR) is 110 cm³/mol. The number of rotatable bonds is 11. The monoisotopic (exact) mass is 390 g/mol. The molecule has 28 heavy (non-hydrogen) atoms. The molecular formula is C19H34N8O. The second-order valence-corrected chi connectivity index (χ2v) is 6.80. The number of guanidine groups is 1. The van der Waals surface area contributed by atoms with Gasteiger partial charge in [0.05, 0.1) is 5.69 Å². The number of aryl methyl sites for hydroxylation is 4. The van der Waals surface area contributed by atoms with Crippen LogP contribution in [0.1, 0.15) is 42.8 Å². The van der Waals surface area contributed by atoms with Crippen LogP contribution in [0.25, 0.3) is 0 Å². The van der Waals surface area contributed by atoms with Crippen molar-refractivity contribution in [3.05, 3.63) is 29.1 Å². The van der Waals surface area contributed by atoms with Gasteiger partial charge in [0.15, 0.2) is 11.8 Å². The lowest BCUT2D eigenvalue weighted by atomic mass is 10.4. The maximum absolute atomic E-state index is 5.39. The maximum Gasteiger partial charge on any atom is 0.191 e. The van der Waals surface area contributed by atoms with Gasteiger partial charge in [-0.3, -0.25) is 4.68 Å². The van der Waals surface area contributed by atoms with Crippen molar-refractivity contribution in [3.63, 3.8) is 0 Å². The van der Waals surface area contributed by atoms with E-state index in [9.17, 15) is 0 Å². The summed E-state index contributed by atoms with van der Waals surface area (Å²) in [4.78, 5) is 4.66. The van der Waals surface area contributed by atoms with E-state index in [0.717, 1.165) is 69.0 Å². The average Bonchev–Trinajstić information content (AvgIpc) is 3.16. The Morgan fingerprint density at radius 3 is 2.50 bits per heavy atom. The molecule has 156 valence electrons. The third-order valence-electron chi connectivity index (χ3n) is 4.47. The molecule has 9 heteroatoms. The molecule has 0 unspecified atom stereocenters. The van der Waals surface area contributed by atoms with E-state index < -0.39 is 0 Å². The van der Waals surface area contributed by atoms with Gasteiger partial charge in [0.25, 0.3) is 0 Å². The number of aliphatic imine (C=N–C) groups is 1. The lowest BCUT2D eigenvalue weighted by molar-refractivity contribution is 0.145. The molecular weight excluding hydrogens is 356 g/mol. The fourth-order valence-corrected chi connectivity index (χ4v) is 2.78. The summed E-state index contributed by atoms with van der Waals surface area (Å²) in [6.45, 7) is 12.5. The van der Waals surface area contributed by atoms with E-state index >= 15 is 0 Å². The molecule has 0 spiro atoms. The van der Waals surface area contributed by atoms with Crippen molar-refractivity contribution in [1.29, 1.82) is 0 Å². The first-order chi connectivity index (χ1) is 13.5. The highest BCUT2D eigenvalue weighted by Gasteiger charge is 2.06. The highest BCUT2D eigenvalue weighted by atomic mass is 16.5. The molecule has 0 amide bonds. The Kier molecular flexibility index (Phi) is 8.93. The lowest BCUT2D eigenvalue weighted by Crippen LogP contribution is -2.39. The molecule has 2 rings (SSSR count). The van der Waals surface area contributed by atoms with Gasteiger partial charge < -0.3 is 19.9 Å². The molecule has 2 aromatic heterocycles. The number of nitrogens with one attached hydrogen (secondary N) is 2. The normalized spacial score (nSPS) is 11.8. The molecule has 0 aliphatic heterocycles. The highest BCUT2D eigenvalue weighted by Crippen LogP contribution is 2.02. The van der Waals surface area contributed by atoms with Crippen LogP contribution < -0.4 is 10.6 Å². The Hall–Kier alpha value is -2.42. The largest absolute Gasteiger partial charge is 0.382 e. The smallest absolute Gasteiger partial charge is 0.191 e. The predicted octanol–water partition coefficient (Wildman–Crippen LogP) is 1.49. The topological polar surface area (TPSA) is 94.2 Å². The van der Waals surface area contributed by atoms with Crippen LogP contribution >= 0.6 is 0 Å². The van der Waals surface area contributed by atoms with E-state index in [0.29, 0.717) is 6.54 Å². The van der Waals surface area contributed by atoms with E-state index in [-0.39, 0.29) is 0 Å². The van der Waals surface area contributed by atoms with Gasteiger partial charge in [-0.15, -0.1) is 10.2 Å². The third-order valence-corrected chi connectivity index (χ3v) is 4.47. The molecule has 0 aliphatic carbocycles. The number of nitrogens with zero attached hydrogens (tertiary/aromatic N) is 6. The molecule has 2 N–H and O–H groups in total. The van der Waals surface area contributed by atoms with Crippen molar-refractivity contribution in [2.45, 2.75) is 53.6 Å². The van der Waals surface area contributed by atoms with Gasteiger partial charge >= 0.3 is 0 Å². The molecule has 2 heterocycles. The Bertz CT molecular complexity index is 749. The molecule has 0 saturated heterocycles. The van der Waals surface area contributed by atoms with E-state index in [1.165, 1.54) is 5.69 Å². The lowest BCUT2D eigenvalue weighted by Gasteiger charge is -2.13. The quantitative estimate of drug-likeness (QED) is 0.343. The summed E-state index contributed by atoms with van der Waals surface area (Å²) in [6.07, 6.45) is 1.90. The van der Waals surface area contributed by atoms with E-state index in [4.69, 9.17) is 4.74 Å². The zero-order valence-electron chi connectivity index (χ0n) is 17.8. The van der Waals surface area contributed by atoms with Crippen LogP contribution in [0.5, 0.6) is 0 Å². The Balaban J connectivity index is 1.84. The Morgan fingerprint density at radius 1 is 1.14 bits per heavy atom. The first kappa shape index (κ1) is 21.9. The van der Waals surface area contributed by atoms with E-state index in [1.54, 1.807) is 0 Å². The van der Waals surface area contributed by atoms with Crippen LogP contribution in [0.2, 0.25) is 0 Å². The second-order valence-electron chi connectivity index (χ2n) is 6.80. The van der Waals surface area contributed by atoms with Gasteiger partial charge in [0, 0.05) is 45.6 Å². The molecule has 2 aromatic rings. The van der Waals surface area contributed by atoms with E-state index in [2.05, 4.69) is 43.9 Å². The molecule has 0 radical (unpaired) electrons. The van der Waals surface area contributed by atoms with Crippen molar-refractivity contribution in [1.82, 2.24) is 35.2 Å². The summed E-state index contributed by atoms with van der Waals surface area (Å²) >= 11 is 0. The fourth-order valence-electron chi connectivity index (χ4n) is 2.78. The molecule has 0 bridgehead atoms. The van der Waals surface area contributed by atoms with Crippen LogP contribution in [-0.2, 0) is 24.9 Å². The molecule has 0 fully saturated rings. The minimum absolute atomic E-state index is 0.482. The molecule has 0 aromatic carbocycles. The minimum Gasteiger partial charge on any atom is -0.382 e. The van der Waals surface area contributed by atoms with Gasteiger partial charge in [-0.2, -0.15) is 5.10 Å². The number of hydrogen-bond acceptors (Lipinski definition) is 5. The number of aromatic nitrogens is 5. The zero-order chi connectivity index (χ0) is 20.4. The summed E-state index contributed by atoms with van der Waals surface area (Å²) < 4.78 is 9.40. The standard InChI is InChI=1S/C19H34N8O/c1-6-28-12-8-10-21-19(22-14-18-24-23-17(4)26(18)5)20-9-7-11-27-16(3)13-15(2)25-27/h13H,6-12,14H2,1-5H3,(H2,20,21,22). The first-order valence-corrected chi connectivity index (χ1v) is 9.97. The van der Waals surface area contributed by atoms with Crippen molar-refractivity contribution in [2.75, 3.05) is 26.3 Å². The number of hydrogen-bond donors (Lipinski definition) is 2. The summed E-state index contributed by atoms with van der Waals surface area (Å²) in [5, 5.41) is 19.5. The van der Waals surface area contributed by atoms with Crippen molar-refractivity contribution < 1.29 is 4.74 Å². The van der Waals surface area contributed by atoms with E-state index in [1.807, 2.05) is 37.1 Å². The van der Waals surface area contributed by atoms with Crippen molar-refractivity contribution in [3.8, 4) is 0 Å². The van der Waals surface area contributed by atoms with Gasteiger partial charge in [-0.05, 0) is 46.6 Å². The highest BCUT2D eigenvalue weighted by molar-refractivity contribution is 5.79. The summed E-state index contributed by atoms with van der Waals surface area (Å²) in [5.74, 6) is 2.51. The summed E-state index contributed by atoms with van der Waals surface area (Å²) in [6, 6.07) is 2.10. The summed E-state index contributed by atoms with van der Waals surface area (Å²) in [5.41, 5.74) is 2.25. The van der Waals surface area contributed by atoms with Gasteiger partial charge in [0.2, 0.25) is 0 Å². The average molecular weight is 391 g/mol. The van der Waals surface area contributed by atoms with Crippen LogP contribution in [0.4, 0.5) is 0 Å².